The monoisotopic (exact) mass is 686 g/mol. The lowest BCUT2D eigenvalue weighted by molar-refractivity contribution is -0.277. The van der Waals surface area contributed by atoms with Crippen molar-refractivity contribution in [2.75, 3.05) is 6.61 Å². The van der Waals surface area contributed by atoms with Gasteiger partial charge in [-0.2, -0.15) is 0 Å². The number of benzene rings is 4. The molecule has 0 radical (unpaired) electrons. The van der Waals surface area contributed by atoms with Crippen LogP contribution in [-0.4, -0.2) is 78.2 Å². The fraction of sp³-hybridized carbons (Fsp3) is 0.167. The third-order valence-electron chi connectivity index (χ3n) is 8.04. The summed E-state index contributed by atoms with van der Waals surface area (Å²) in [5, 5.41) is 77.2. The highest BCUT2D eigenvalue weighted by Gasteiger charge is 2.44. The van der Waals surface area contributed by atoms with Crippen molar-refractivity contribution in [1.29, 1.82) is 0 Å². The second kappa shape index (κ2) is 13.9. The Morgan fingerprint density at radius 1 is 0.620 bits per heavy atom. The molecule has 0 amide bonds. The maximum Gasteiger partial charge on any atom is 0.229 e. The molecule has 1 unspecified atom stereocenters. The largest absolute Gasteiger partial charge is 0.508 e. The average molecular weight is 687 g/mol. The quantitative estimate of drug-likeness (QED) is 0.130. The van der Waals surface area contributed by atoms with E-state index in [1.165, 1.54) is 61.1 Å². The molecule has 14 heteroatoms. The van der Waals surface area contributed by atoms with Gasteiger partial charge in [-0.25, -0.2) is 0 Å². The molecular weight excluding hydrogens is 656 g/mol. The lowest BCUT2D eigenvalue weighted by Gasteiger charge is -2.39. The van der Waals surface area contributed by atoms with Gasteiger partial charge in [-0.3, -0.25) is 9.59 Å². The zero-order valence-electron chi connectivity index (χ0n) is 25.8. The van der Waals surface area contributed by atoms with E-state index in [2.05, 4.69) is 0 Å². The molecule has 8 N–H and O–H groups in total. The van der Waals surface area contributed by atoms with Crippen molar-refractivity contribution >= 4 is 21.9 Å². The third-order valence-corrected chi connectivity index (χ3v) is 8.04. The molecule has 7 rings (SSSR count). The molecule has 5 atom stereocenters. The van der Waals surface area contributed by atoms with E-state index in [1.54, 1.807) is 24.3 Å². The van der Waals surface area contributed by atoms with E-state index in [0.717, 1.165) is 6.07 Å². The van der Waals surface area contributed by atoms with Crippen molar-refractivity contribution in [3.63, 3.8) is 0 Å². The topological polar surface area (TPSA) is 241 Å². The number of rotatable bonds is 5. The van der Waals surface area contributed by atoms with Crippen molar-refractivity contribution in [2.24, 2.45) is 0 Å². The van der Waals surface area contributed by atoms with Gasteiger partial charge >= 0.3 is 0 Å². The van der Waals surface area contributed by atoms with E-state index in [9.17, 15) is 50.4 Å². The Morgan fingerprint density at radius 2 is 1.20 bits per heavy atom. The number of ether oxygens (including phenoxy) is 2. The standard InChI is InChI=1S/C21H20O9.C15H10O5/c22-8-16-18(25)19(26)20(27)21(30-16)29-12-5-6-13-15(7-12)28-9-14(17(13)24)10-1-3-11(23)4-2-10;16-9-3-1-8(2-4-9)11-7-20-13-6-10(17)5-12(18)14(13)15(11)19/h1-7,9,16,18-23,25-27H,8H2;1-7,16-18H/t16-,18-,19+,20-,21?;/m1./s1. The first-order chi connectivity index (χ1) is 23.9. The molecule has 0 bridgehead atoms. The number of hydrogen-bond acceptors (Lipinski definition) is 14. The predicted molar refractivity (Wildman–Crippen MR) is 177 cm³/mol. The van der Waals surface area contributed by atoms with Gasteiger partial charge in [-0.05, 0) is 47.5 Å². The van der Waals surface area contributed by atoms with Crippen molar-refractivity contribution in [1.82, 2.24) is 0 Å². The van der Waals surface area contributed by atoms with E-state index in [0.29, 0.717) is 22.1 Å². The molecule has 1 aliphatic rings. The highest BCUT2D eigenvalue weighted by Crippen LogP contribution is 2.31. The first-order valence-corrected chi connectivity index (χ1v) is 15.0. The molecule has 2 aromatic heterocycles. The van der Waals surface area contributed by atoms with Gasteiger partial charge in [0.15, 0.2) is 5.43 Å². The smallest absolute Gasteiger partial charge is 0.229 e. The molecule has 0 saturated carbocycles. The molecule has 0 aliphatic carbocycles. The molecule has 1 fully saturated rings. The highest BCUT2D eigenvalue weighted by atomic mass is 16.7. The van der Waals surface area contributed by atoms with Gasteiger partial charge in [0, 0.05) is 18.2 Å². The van der Waals surface area contributed by atoms with E-state index in [4.69, 9.17) is 18.3 Å². The van der Waals surface area contributed by atoms with Crippen molar-refractivity contribution in [2.45, 2.75) is 30.7 Å². The number of aliphatic hydroxyl groups excluding tert-OH is 4. The number of aromatic hydroxyl groups is 4. The SMILES string of the molecule is O=c1c(-c2ccc(O)cc2)coc2cc(O)cc(O)c12.O=c1c(-c2ccc(O)cc2)coc2cc(OC3O[C@H](CO)[C@@H](O)[C@H](O)[C@H]3O)ccc12. The minimum atomic E-state index is -1.56. The molecule has 6 aromatic rings. The molecule has 14 nitrogen and oxygen atoms in total. The molecule has 50 heavy (non-hydrogen) atoms. The zero-order chi connectivity index (χ0) is 35.7. The van der Waals surface area contributed by atoms with Crippen LogP contribution in [0.3, 0.4) is 0 Å². The maximum atomic E-state index is 12.8. The molecule has 1 saturated heterocycles. The summed E-state index contributed by atoms with van der Waals surface area (Å²) in [5.41, 5.74) is 1.38. The number of aliphatic hydroxyl groups is 4. The Morgan fingerprint density at radius 3 is 1.80 bits per heavy atom. The average Bonchev–Trinajstić information content (AvgIpc) is 3.10. The predicted octanol–water partition coefficient (Wildman–Crippen LogP) is 2.92. The summed E-state index contributed by atoms with van der Waals surface area (Å²) in [6.07, 6.45) is -4.49. The molecule has 0 spiro atoms. The van der Waals surface area contributed by atoms with Crippen LogP contribution in [0.2, 0.25) is 0 Å². The van der Waals surface area contributed by atoms with Gasteiger partial charge in [0.2, 0.25) is 11.7 Å². The first-order valence-electron chi connectivity index (χ1n) is 15.0. The van der Waals surface area contributed by atoms with Gasteiger partial charge in [-0.1, -0.05) is 24.3 Å². The second-order valence-electron chi connectivity index (χ2n) is 11.4. The molecule has 4 aromatic carbocycles. The summed E-state index contributed by atoms with van der Waals surface area (Å²) in [5.74, 6) is -0.164. The highest BCUT2D eigenvalue weighted by molar-refractivity contribution is 5.88. The number of hydrogen-bond donors (Lipinski definition) is 8. The van der Waals surface area contributed by atoms with Crippen LogP contribution < -0.4 is 15.6 Å². The van der Waals surface area contributed by atoms with Crippen LogP contribution in [0.25, 0.3) is 44.2 Å². The Hall–Kier alpha value is -5.90. The van der Waals surface area contributed by atoms with Crippen molar-refractivity contribution in [3.8, 4) is 51.0 Å². The zero-order valence-corrected chi connectivity index (χ0v) is 25.8. The van der Waals surface area contributed by atoms with Gasteiger partial charge in [0.25, 0.3) is 0 Å². The second-order valence-corrected chi connectivity index (χ2v) is 11.4. The van der Waals surface area contributed by atoms with Crippen LogP contribution >= 0.6 is 0 Å². The van der Waals surface area contributed by atoms with Gasteiger partial charge in [-0.15, -0.1) is 0 Å². The van der Waals surface area contributed by atoms with Gasteiger partial charge < -0.3 is 59.2 Å². The van der Waals surface area contributed by atoms with Crippen LogP contribution in [0.15, 0.2) is 110 Å². The molecular formula is C36H30O14. The van der Waals surface area contributed by atoms with Gasteiger partial charge in [0.05, 0.1) is 23.1 Å². The van der Waals surface area contributed by atoms with Crippen LogP contribution in [-0.2, 0) is 4.74 Å². The number of fused-ring (bicyclic) bond motifs is 2. The summed E-state index contributed by atoms with van der Waals surface area (Å²) >= 11 is 0. The minimum Gasteiger partial charge on any atom is -0.508 e. The lowest BCUT2D eigenvalue weighted by Crippen LogP contribution is -2.60. The third kappa shape index (κ3) is 6.69. The first kappa shape index (κ1) is 34.0. The van der Waals surface area contributed by atoms with Crippen LogP contribution in [0.4, 0.5) is 0 Å². The fourth-order valence-corrected chi connectivity index (χ4v) is 5.38. The minimum absolute atomic E-state index is 0.00775. The van der Waals surface area contributed by atoms with E-state index in [1.807, 2.05) is 0 Å². The lowest BCUT2D eigenvalue weighted by atomic mass is 9.99. The van der Waals surface area contributed by atoms with E-state index in [-0.39, 0.29) is 56.3 Å². The summed E-state index contributed by atoms with van der Waals surface area (Å²) in [4.78, 5) is 25.2. The normalized spacial score (nSPS) is 20.3. The Labute approximate surface area is 281 Å². The summed E-state index contributed by atoms with van der Waals surface area (Å²) in [6, 6.07) is 18.9. The molecule has 1 aliphatic heterocycles. The van der Waals surface area contributed by atoms with Crippen molar-refractivity contribution in [3.05, 3.63) is 112 Å². The fourth-order valence-electron chi connectivity index (χ4n) is 5.38. The Kier molecular flexibility index (Phi) is 9.46. The van der Waals surface area contributed by atoms with E-state index < -0.39 is 42.7 Å². The number of phenols is 4. The van der Waals surface area contributed by atoms with Crippen LogP contribution in [0.5, 0.6) is 28.7 Å². The molecule has 3 heterocycles. The van der Waals surface area contributed by atoms with Crippen molar-refractivity contribution < 1.29 is 59.2 Å². The van der Waals surface area contributed by atoms with Crippen LogP contribution in [0.1, 0.15) is 0 Å². The summed E-state index contributed by atoms with van der Waals surface area (Å²) < 4.78 is 21.7. The number of phenolic OH excluding ortho intramolecular Hbond substituents is 4. The van der Waals surface area contributed by atoms with E-state index >= 15 is 0 Å². The summed E-state index contributed by atoms with van der Waals surface area (Å²) in [7, 11) is 0. The molecule has 258 valence electrons. The summed E-state index contributed by atoms with van der Waals surface area (Å²) in [6.45, 7) is -0.572. The Balaban J connectivity index is 0.000000187. The maximum absolute atomic E-state index is 12.8. The van der Waals surface area contributed by atoms with Crippen LogP contribution in [0, 0.1) is 0 Å². The van der Waals surface area contributed by atoms with Gasteiger partial charge in [0.1, 0.15) is 82.2 Å². The Bertz CT molecular complexity index is 2260.